The topological polar surface area (TPSA) is 61.6 Å². The van der Waals surface area contributed by atoms with Gasteiger partial charge < -0.3 is 10.0 Å². The lowest BCUT2D eigenvalue weighted by Gasteiger charge is -2.32. The summed E-state index contributed by atoms with van der Waals surface area (Å²) in [6, 6.07) is 5.57. The first-order valence-electron chi connectivity index (χ1n) is 7.06. The lowest BCUT2D eigenvalue weighted by atomic mass is 9.95. The van der Waals surface area contributed by atoms with Gasteiger partial charge in [-0.25, -0.2) is 15.0 Å². The molecule has 22 heavy (non-hydrogen) atoms. The maximum atomic E-state index is 10.3. The molecular weight excluding hydrogens is 276 g/mol. The smallest absolute Gasteiger partial charge is 0.145 e. The fraction of sp³-hybridized carbons (Fsp3) is 0.118. The Morgan fingerprint density at radius 3 is 3.09 bits per heavy atom. The Hall–Kier alpha value is -2.95. The van der Waals surface area contributed by atoms with Crippen LogP contribution in [0.25, 0.3) is 11.6 Å². The molecule has 3 heterocycles. The third-order valence-corrected chi connectivity index (χ3v) is 3.80. The minimum Gasteiger partial charge on any atom is -0.507 e. The highest BCUT2D eigenvalue weighted by Crippen LogP contribution is 2.36. The molecule has 0 fully saturated rings. The van der Waals surface area contributed by atoms with Gasteiger partial charge >= 0.3 is 0 Å². The van der Waals surface area contributed by atoms with Crippen LogP contribution < -0.4 is 4.90 Å². The zero-order chi connectivity index (χ0) is 15.1. The maximum absolute atomic E-state index is 10.3. The Labute approximate surface area is 128 Å². The molecule has 1 N–H and O–H groups in total. The van der Waals surface area contributed by atoms with E-state index >= 15 is 0 Å². The zero-order valence-electron chi connectivity index (χ0n) is 12.1. The Bertz CT molecular complexity index is 851. The first-order valence-corrected chi connectivity index (χ1v) is 7.06. The Morgan fingerprint density at radius 2 is 2.18 bits per heavy atom. The van der Waals surface area contributed by atoms with E-state index in [2.05, 4.69) is 15.0 Å². The first kappa shape index (κ1) is 12.8. The van der Waals surface area contributed by atoms with Crippen molar-refractivity contribution in [2.24, 2.45) is 4.99 Å². The van der Waals surface area contributed by atoms with Crippen LogP contribution in [0, 0.1) is 6.92 Å². The van der Waals surface area contributed by atoms with Crippen LogP contribution in [0.5, 0.6) is 5.75 Å². The van der Waals surface area contributed by atoms with E-state index < -0.39 is 0 Å². The van der Waals surface area contributed by atoms with E-state index in [0.717, 1.165) is 33.9 Å². The third kappa shape index (κ3) is 1.90. The van der Waals surface area contributed by atoms with Gasteiger partial charge in [-0.3, -0.25) is 0 Å². The molecule has 0 saturated carbocycles. The number of nitrogens with zero attached hydrogens (tertiary/aromatic N) is 4. The van der Waals surface area contributed by atoms with Crippen molar-refractivity contribution in [3.63, 3.8) is 0 Å². The van der Waals surface area contributed by atoms with Gasteiger partial charge in [0.05, 0.1) is 0 Å². The number of hydrogen-bond donors (Lipinski definition) is 1. The number of aromatic nitrogens is 2. The summed E-state index contributed by atoms with van der Waals surface area (Å²) in [5.74, 6) is 1.89. The van der Waals surface area contributed by atoms with Crippen LogP contribution >= 0.6 is 0 Å². The summed E-state index contributed by atoms with van der Waals surface area (Å²) < 4.78 is 0. The standard InChI is InChI=1S/C17H14N4O/c1-11-3-4-15(22)13(7-11)14-8-12-9-18-10-20-16(12)21-6-2-5-19-17(14)21/h2-5,7-10,22H,6H2,1H3. The number of aromatic hydroxyl groups is 1. The Balaban J connectivity index is 1.98. The highest BCUT2D eigenvalue weighted by atomic mass is 16.3. The number of rotatable bonds is 1. The van der Waals surface area contributed by atoms with Crippen LogP contribution in [0.4, 0.5) is 5.82 Å². The number of benzene rings is 1. The minimum atomic E-state index is 0.245. The molecule has 4 rings (SSSR count). The number of anilines is 1. The van der Waals surface area contributed by atoms with E-state index in [0.29, 0.717) is 6.54 Å². The molecule has 0 atom stereocenters. The summed E-state index contributed by atoms with van der Waals surface area (Å²) in [5, 5.41) is 10.3. The quantitative estimate of drug-likeness (QED) is 0.877. The molecule has 0 unspecified atom stereocenters. The predicted molar refractivity (Wildman–Crippen MR) is 86.7 cm³/mol. The van der Waals surface area contributed by atoms with Crippen molar-refractivity contribution in [1.29, 1.82) is 0 Å². The summed E-state index contributed by atoms with van der Waals surface area (Å²) in [7, 11) is 0. The summed E-state index contributed by atoms with van der Waals surface area (Å²) in [6.07, 6.45) is 9.08. The molecule has 0 radical (unpaired) electrons. The lowest BCUT2D eigenvalue weighted by molar-refractivity contribution is 0.473. The van der Waals surface area contributed by atoms with Crippen LogP contribution in [0.3, 0.4) is 0 Å². The number of phenolic OH excluding ortho intramolecular Hbond substituents is 1. The van der Waals surface area contributed by atoms with E-state index in [9.17, 15) is 5.11 Å². The Morgan fingerprint density at radius 1 is 1.27 bits per heavy atom. The molecule has 0 spiro atoms. The van der Waals surface area contributed by atoms with Gasteiger partial charge in [-0.15, -0.1) is 0 Å². The van der Waals surface area contributed by atoms with Crippen molar-refractivity contribution < 1.29 is 5.11 Å². The zero-order valence-corrected chi connectivity index (χ0v) is 12.1. The number of amidine groups is 1. The third-order valence-electron chi connectivity index (χ3n) is 3.80. The molecule has 108 valence electrons. The summed E-state index contributed by atoms with van der Waals surface area (Å²) in [5.41, 5.74) is 3.66. The van der Waals surface area contributed by atoms with Crippen molar-refractivity contribution in [3.05, 3.63) is 59.7 Å². The molecular formula is C17H14N4O. The predicted octanol–water partition coefficient (Wildman–Crippen LogP) is 2.78. The van der Waals surface area contributed by atoms with Crippen LogP contribution in [-0.2, 0) is 0 Å². The molecule has 2 aliphatic rings. The average Bonchev–Trinajstić information content (AvgIpc) is 2.56. The van der Waals surface area contributed by atoms with Gasteiger partial charge in [0, 0.05) is 35.6 Å². The molecule has 1 aromatic carbocycles. The fourth-order valence-corrected chi connectivity index (χ4v) is 2.78. The number of phenols is 1. The first-order chi connectivity index (χ1) is 10.7. The van der Waals surface area contributed by atoms with Crippen molar-refractivity contribution in [2.45, 2.75) is 6.92 Å². The van der Waals surface area contributed by atoms with E-state index in [4.69, 9.17) is 0 Å². The van der Waals surface area contributed by atoms with Gasteiger partial charge in [0.25, 0.3) is 0 Å². The molecule has 0 amide bonds. The molecule has 2 aliphatic heterocycles. The molecule has 5 nitrogen and oxygen atoms in total. The van der Waals surface area contributed by atoms with Crippen LogP contribution in [0.15, 0.2) is 48.0 Å². The van der Waals surface area contributed by atoms with Crippen molar-refractivity contribution >= 4 is 23.3 Å². The largest absolute Gasteiger partial charge is 0.507 e. The van der Waals surface area contributed by atoms with Gasteiger partial charge in [-0.2, -0.15) is 0 Å². The van der Waals surface area contributed by atoms with Gasteiger partial charge in [-0.05, 0) is 31.2 Å². The van der Waals surface area contributed by atoms with Crippen LogP contribution in [0.1, 0.15) is 16.7 Å². The van der Waals surface area contributed by atoms with Gasteiger partial charge in [0.15, 0.2) is 0 Å². The second-order valence-corrected chi connectivity index (χ2v) is 5.33. The molecule has 0 aliphatic carbocycles. The van der Waals surface area contributed by atoms with Crippen LogP contribution in [0.2, 0.25) is 0 Å². The van der Waals surface area contributed by atoms with E-state index in [1.807, 2.05) is 36.1 Å². The highest BCUT2D eigenvalue weighted by molar-refractivity contribution is 6.35. The summed E-state index contributed by atoms with van der Waals surface area (Å²) in [4.78, 5) is 15.0. The SMILES string of the molecule is Cc1ccc(O)c(C2=Cc3cncnc3N3CC=CN=C23)c1. The minimum absolute atomic E-state index is 0.245. The molecule has 0 bridgehead atoms. The second-order valence-electron chi connectivity index (χ2n) is 5.33. The van der Waals surface area contributed by atoms with Gasteiger partial charge in [0.2, 0.25) is 0 Å². The number of fused-ring (bicyclic) bond motifs is 3. The summed E-state index contributed by atoms with van der Waals surface area (Å²) in [6.45, 7) is 2.70. The second kappa shape index (κ2) is 4.80. The Kier molecular flexibility index (Phi) is 2.79. The maximum Gasteiger partial charge on any atom is 0.145 e. The average molecular weight is 290 g/mol. The van der Waals surface area contributed by atoms with Gasteiger partial charge in [-0.1, -0.05) is 11.6 Å². The van der Waals surface area contributed by atoms with Gasteiger partial charge in [0.1, 0.15) is 23.7 Å². The lowest BCUT2D eigenvalue weighted by Crippen LogP contribution is -2.36. The van der Waals surface area contributed by atoms with E-state index in [1.165, 1.54) is 6.33 Å². The number of aliphatic imine (C=N–C) groups is 1. The number of aryl methyl sites for hydroxylation is 1. The fourth-order valence-electron chi connectivity index (χ4n) is 2.78. The number of hydrogen-bond acceptors (Lipinski definition) is 5. The molecule has 5 heteroatoms. The van der Waals surface area contributed by atoms with Crippen molar-refractivity contribution in [3.8, 4) is 5.75 Å². The molecule has 1 aromatic heterocycles. The highest BCUT2D eigenvalue weighted by Gasteiger charge is 2.28. The molecule has 0 saturated heterocycles. The van der Waals surface area contributed by atoms with Crippen molar-refractivity contribution in [2.75, 3.05) is 11.4 Å². The normalized spacial score (nSPS) is 15.8. The van der Waals surface area contributed by atoms with Crippen LogP contribution in [-0.4, -0.2) is 27.5 Å². The van der Waals surface area contributed by atoms with Crippen molar-refractivity contribution in [1.82, 2.24) is 9.97 Å². The van der Waals surface area contributed by atoms with E-state index in [-0.39, 0.29) is 5.75 Å². The molecule has 2 aromatic rings. The summed E-state index contributed by atoms with van der Waals surface area (Å²) >= 11 is 0. The van der Waals surface area contributed by atoms with E-state index in [1.54, 1.807) is 18.5 Å². The monoisotopic (exact) mass is 290 g/mol.